The normalized spacial score (nSPS) is 15.6. The molecule has 12 rings (SSSR count). The van der Waals surface area contributed by atoms with E-state index in [1.165, 1.54) is 110 Å². The Labute approximate surface area is 344 Å². The predicted octanol–water partition coefficient (Wildman–Crippen LogP) is 15.0. The Morgan fingerprint density at radius 1 is 0.517 bits per heavy atom. The average Bonchev–Trinajstić information content (AvgIpc) is 3.73. The summed E-state index contributed by atoms with van der Waals surface area (Å²) in [5.41, 5.74) is 22.5. The first-order valence-corrected chi connectivity index (χ1v) is 21.4. The highest BCUT2D eigenvalue weighted by Crippen LogP contribution is 2.53. The Morgan fingerprint density at radius 2 is 1.03 bits per heavy atom. The maximum Gasteiger partial charge on any atom is 0.0497 e. The summed E-state index contributed by atoms with van der Waals surface area (Å²) in [6, 6.07) is 56.8. The van der Waals surface area contributed by atoms with Crippen molar-refractivity contribution in [1.29, 1.82) is 0 Å². The van der Waals surface area contributed by atoms with Crippen molar-refractivity contribution in [3.05, 3.63) is 213 Å². The third kappa shape index (κ3) is 5.16. The zero-order valence-corrected chi connectivity index (χ0v) is 33.6. The number of thiophene rings is 1. The smallest absolute Gasteiger partial charge is 0.0497 e. The number of anilines is 6. The zero-order chi connectivity index (χ0) is 38.5. The minimum Gasteiger partial charge on any atom is -0.310 e. The highest BCUT2D eigenvalue weighted by molar-refractivity contribution is 7.19. The van der Waals surface area contributed by atoms with E-state index in [4.69, 9.17) is 0 Å². The van der Waals surface area contributed by atoms with E-state index < -0.39 is 0 Å². The summed E-state index contributed by atoms with van der Waals surface area (Å²) < 4.78 is 1.37. The van der Waals surface area contributed by atoms with Gasteiger partial charge in [0, 0.05) is 67.3 Å². The fraction of sp³-hybridized carbons (Fsp3) is 0.127. The van der Waals surface area contributed by atoms with Gasteiger partial charge >= 0.3 is 0 Å². The van der Waals surface area contributed by atoms with E-state index >= 15 is 0 Å². The molecular formula is C55H42N2S. The molecule has 2 nitrogen and oxygen atoms in total. The van der Waals surface area contributed by atoms with E-state index in [9.17, 15) is 0 Å². The highest BCUT2D eigenvalue weighted by atomic mass is 32.1. The van der Waals surface area contributed by atoms with Crippen molar-refractivity contribution < 1.29 is 0 Å². The highest BCUT2D eigenvalue weighted by Gasteiger charge is 2.37. The lowest BCUT2D eigenvalue weighted by atomic mass is 9.81. The summed E-state index contributed by atoms with van der Waals surface area (Å²) in [4.78, 5) is 6.43. The van der Waals surface area contributed by atoms with Gasteiger partial charge in [-0.1, -0.05) is 129 Å². The Morgan fingerprint density at radius 3 is 1.64 bits per heavy atom. The molecule has 0 atom stereocenters. The first-order chi connectivity index (χ1) is 28.5. The molecule has 0 bridgehead atoms. The van der Waals surface area contributed by atoms with E-state index in [2.05, 4.69) is 194 Å². The van der Waals surface area contributed by atoms with Crippen LogP contribution in [-0.4, -0.2) is 0 Å². The molecule has 0 radical (unpaired) electrons. The Hall–Kier alpha value is -6.42. The van der Waals surface area contributed by atoms with Crippen molar-refractivity contribution >= 4 is 67.7 Å². The number of rotatable bonds is 4. The van der Waals surface area contributed by atoms with Crippen LogP contribution >= 0.6 is 11.3 Å². The van der Waals surface area contributed by atoms with Gasteiger partial charge in [-0.2, -0.15) is 0 Å². The molecule has 58 heavy (non-hydrogen) atoms. The minimum absolute atomic E-state index is 0.124. The van der Waals surface area contributed by atoms with Crippen molar-refractivity contribution in [2.45, 2.75) is 44.9 Å². The van der Waals surface area contributed by atoms with Crippen molar-refractivity contribution in [3.63, 3.8) is 0 Å². The van der Waals surface area contributed by atoms with E-state index in [0.717, 1.165) is 25.7 Å². The third-order valence-corrected chi connectivity index (χ3v) is 14.4. The second-order valence-corrected chi connectivity index (χ2v) is 18.0. The monoisotopic (exact) mass is 762 g/mol. The van der Waals surface area contributed by atoms with Gasteiger partial charge in [-0.15, -0.1) is 11.3 Å². The number of fused-ring (bicyclic) bond motifs is 10. The topological polar surface area (TPSA) is 6.48 Å². The van der Waals surface area contributed by atoms with E-state index in [0.29, 0.717) is 0 Å². The van der Waals surface area contributed by atoms with Crippen LogP contribution in [0.2, 0.25) is 0 Å². The molecule has 0 unspecified atom stereocenters. The van der Waals surface area contributed by atoms with Gasteiger partial charge in [0.1, 0.15) is 0 Å². The van der Waals surface area contributed by atoms with Gasteiger partial charge in [-0.3, -0.25) is 0 Å². The van der Waals surface area contributed by atoms with E-state index in [1.54, 1.807) is 0 Å². The first-order valence-electron chi connectivity index (χ1n) is 20.6. The van der Waals surface area contributed by atoms with Crippen LogP contribution in [0.3, 0.4) is 0 Å². The molecule has 3 heterocycles. The van der Waals surface area contributed by atoms with Crippen LogP contribution in [0.5, 0.6) is 0 Å². The number of para-hydroxylation sites is 4. The van der Waals surface area contributed by atoms with Crippen LogP contribution in [0, 0.1) is 0 Å². The molecule has 4 aliphatic rings. The largest absolute Gasteiger partial charge is 0.310 e. The second-order valence-electron chi connectivity index (χ2n) is 16.9. The molecule has 7 aromatic carbocycles. The molecule has 0 saturated carbocycles. The molecule has 2 aliphatic carbocycles. The van der Waals surface area contributed by atoms with Crippen LogP contribution in [0.4, 0.5) is 34.1 Å². The lowest BCUT2D eigenvalue weighted by Gasteiger charge is -2.34. The predicted molar refractivity (Wildman–Crippen MR) is 246 cm³/mol. The van der Waals surface area contributed by atoms with Gasteiger partial charge in [0.2, 0.25) is 0 Å². The molecule has 0 amide bonds. The van der Waals surface area contributed by atoms with Gasteiger partial charge in [0.05, 0.1) is 0 Å². The van der Waals surface area contributed by atoms with Crippen LogP contribution in [-0.2, 0) is 24.7 Å². The summed E-state index contributed by atoms with van der Waals surface area (Å²) in [5.74, 6) is 0. The number of nitrogens with zero attached hydrogens (tertiary/aromatic N) is 2. The first kappa shape index (κ1) is 33.7. The molecule has 0 saturated heterocycles. The molecule has 3 heteroatoms. The molecule has 1 aromatic heterocycles. The van der Waals surface area contributed by atoms with Crippen molar-refractivity contribution in [2.75, 3.05) is 9.80 Å². The van der Waals surface area contributed by atoms with Crippen LogP contribution in [0.1, 0.15) is 69.7 Å². The molecule has 0 fully saturated rings. The summed E-state index contributed by atoms with van der Waals surface area (Å²) in [7, 11) is 0. The Kier molecular flexibility index (Phi) is 7.43. The summed E-state index contributed by atoms with van der Waals surface area (Å²) in [6.45, 7) is 4.80. The number of benzene rings is 7. The summed E-state index contributed by atoms with van der Waals surface area (Å²) >= 11 is 1.96. The number of hydrogen-bond acceptors (Lipinski definition) is 3. The van der Waals surface area contributed by atoms with Crippen molar-refractivity contribution in [3.8, 4) is 11.1 Å². The average molecular weight is 763 g/mol. The number of hydrogen-bond donors (Lipinski definition) is 0. The lowest BCUT2D eigenvalue weighted by Crippen LogP contribution is -2.20. The van der Waals surface area contributed by atoms with Crippen LogP contribution in [0.25, 0.3) is 33.4 Å². The summed E-state index contributed by atoms with van der Waals surface area (Å²) in [5, 5.41) is 1.36. The van der Waals surface area contributed by atoms with Gasteiger partial charge in [-0.05, 0) is 129 Å². The standard InChI is InChI=1S/C55H42N2S/c1-55(2)47-30-36(21-25-43(47)44-26-23-42(34-48(44)55)57-51-17-9-5-13-39(51)32-40-14-6-10-18-52(40)57)20-19-35-22-27-53-45(29-35)46-33-41(24-28-54(46)58-53)56-49-15-7-3-11-37(49)31-38-12-4-8-16-50(38)56/h3-21,23-26,28-30,33-34H,22,27,31-32H2,1-2H3. The Bertz CT molecular complexity index is 2970. The molecule has 278 valence electrons. The fourth-order valence-electron chi connectivity index (χ4n) is 10.2. The molecule has 0 N–H and O–H groups in total. The van der Waals surface area contributed by atoms with E-state index in [1.807, 2.05) is 11.3 Å². The molecule has 0 spiro atoms. The van der Waals surface area contributed by atoms with Crippen molar-refractivity contribution in [2.24, 2.45) is 0 Å². The maximum atomic E-state index is 2.47. The molecular weight excluding hydrogens is 721 g/mol. The summed E-state index contributed by atoms with van der Waals surface area (Å²) in [6.07, 6.45) is 11.2. The Balaban J connectivity index is 0.862. The molecule has 8 aromatic rings. The van der Waals surface area contributed by atoms with Crippen LogP contribution < -0.4 is 9.80 Å². The molecule has 2 aliphatic heterocycles. The van der Waals surface area contributed by atoms with Crippen molar-refractivity contribution in [1.82, 2.24) is 0 Å². The van der Waals surface area contributed by atoms with Gasteiger partial charge in [0.25, 0.3) is 0 Å². The van der Waals surface area contributed by atoms with Gasteiger partial charge in [-0.25, -0.2) is 0 Å². The van der Waals surface area contributed by atoms with E-state index in [-0.39, 0.29) is 5.41 Å². The number of aryl methyl sites for hydroxylation is 1. The quantitative estimate of drug-likeness (QED) is 0.176. The SMILES string of the molecule is CC1(C)c2cc(C=CC3=Cc4c(sc5ccc(N6c7ccccc7Cc7ccccc76)cc45)CC3)ccc2-c2ccc(N3c4ccccc4Cc4ccccc43)cc21. The van der Waals surface area contributed by atoms with Gasteiger partial charge in [0.15, 0.2) is 0 Å². The second kappa shape index (κ2) is 12.8. The van der Waals surface area contributed by atoms with Crippen LogP contribution in [0.15, 0.2) is 163 Å². The third-order valence-electron chi connectivity index (χ3n) is 13.1. The lowest BCUT2D eigenvalue weighted by molar-refractivity contribution is 0.660. The fourth-order valence-corrected chi connectivity index (χ4v) is 11.4. The minimum atomic E-state index is -0.124. The zero-order valence-electron chi connectivity index (χ0n) is 32.8. The van der Waals surface area contributed by atoms with Gasteiger partial charge < -0.3 is 9.80 Å². The maximum absolute atomic E-state index is 2.47. The number of allylic oxidation sites excluding steroid dienone is 2.